The Morgan fingerprint density at radius 1 is 0.562 bits per heavy atom. The molecule has 0 spiro atoms. The lowest BCUT2D eigenvalue weighted by Crippen LogP contribution is -3.00. The van der Waals surface area contributed by atoms with E-state index in [4.69, 9.17) is 0 Å². The Labute approximate surface area is 216 Å². The van der Waals surface area contributed by atoms with Gasteiger partial charge >= 0.3 is 0 Å². The van der Waals surface area contributed by atoms with Crippen LogP contribution in [0, 0.1) is 0 Å². The van der Waals surface area contributed by atoms with Gasteiger partial charge in [-0.1, -0.05) is 36.4 Å². The first-order chi connectivity index (χ1) is 14.3. The number of unbranched alkanes of at least 4 members (excludes halogenated alkanes) is 3. The van der Waals surface area contributed by atoms with Crippen LogP contribution in [-0.4, -0.2) is 33.7 Å². The van der Waals surface area contributed by atoms with E-state index in [2.05, 4.69) is 99.2 Å². The molecule has 4 heteroatoms. The molecule has 2 aliphatic heterocycles. The van der Waals surface area contributed by atoms with Crippen molar-refractivity contribution in [2.75, 3.05) is 13.1 Å². The van der Waals surface area contributed by atoms with Gasteiger partial charge < -0.3 is 34.0 Å². The van der Waals surface area contributed by atoms with Crippen LogP contribution in [0.1, 0.15) is 78.4 Å². The number of halogens is 2. The molecule has 2 aromatic carbocycles. The molecule has 0 atom stereocenters. The van der Waals surface area contributed by atoms with Crippen LogP contribution in [0.5, 0.6) is 0 Å². The summed E-state index contributed by atoms with van der Waals surface area (Å²) in [5.41, 5.74) is 9.07. The summed E-state index contributed by atoms with van der Waals surface area (Å²) < 4.78 is 5.12. The minimum atomic E-state index is 0. The molecule has 4 rings (SSSR count). The smallest absolute Gasteiger partial charge is 0.209 e. The monoisotopic (exact) mass is 560 g/mol. The average molecular weight is 562 g/mol. The normalized spacial score (nSPS) is 17.6. The van der Waals surface area contributed by atoms with Gasteiger partial charge in [-0.25, -0.2) is 0 Å². The van der Waals surface area contributed by atoms with Crippen molar-refractivity contribution in [1.82, 2.24) is 0 Å². The summed E-state index contributed by atoms with van der Waals surface area (Å²) in [7, 11) is 0. The molecule has 0 radical (unpaired) electrons. The topological polar surface area (TPSA) is 6.02 Å². The highest BCUT2D eigenvalue weighted by molar-refractivity contribution is 5.93. The van der Waals surface area contributed by atoms with E-state index in [1.165, 1.54) is 59.6 Å². The van der Waals surface area contributed by atoms with Crippen LogP contribution in [0.3, 0.4) is 0 Å². The Morgan fingerprint density at radius 3 is 1.28 bits per heavy atom. The zero-order chi connectivity index (χ0) is 21.5. The van der Waals surface area contributed by atoms with Crippen LogP contribution >= 0.6 is 0 Å². The fourth-order valence-electron chi connectivity index (χ4n) is 5.37. The van der Waals surface area contributed by atoms with Gasteiger partial charge in [-0.15, -0.1) is 0 Å². The number of rotatable bonds is 7. The molecule has 0 aliphatic carbocycles. The summed E-state index contributed by atoms with van der Waals surface area (Å²) in [6.45, 7) is 16.3. The molecule has 0 fully saturated rings. The van der Waals surface area contributed by atoms with Gasteiger partial charge in [0.2, 0.25) is 11.4 Å². The molecular weight excluding hydrogens is 524 g/mol. The van der Waals surface area contributed by atoms with E-state index in [0.717, 1.165) is 13.1 Å². The summed E-state index contributed by atoms with van der Waals surface area (Å²) in [6.07, 6.45) is 5.10. The Morgan fingerprint density at radius 2 is 0.906 bits per heavy atom. The van der Waals surface area contributed by atoms with Gasteiger partial charge in [0.1, 0.15) is 13.1 Å². The second-order valence-corrected chi connectivity index (χ2v) is 10.2. The lowest BCUT2D eigenvalue weighted by Gasteiger charge is -2.14. The third kappa shape index (κ3) is 4.55. The van der Waals surface area contributed by atoms with Crippen LogP contribution in [0.25, 0.3) is 0 Å². The van der Waals surface area contributed by atoms with Gasteiger partial charge in [0.05, 0.1) is 10.8 Å². The van der Waals surface area contributed by atoms with Crippen molar-refractivity contribution >= 4 is 22.8 Å². The van der Waals surface area contributed by atoms with E-state index in [9.17, 15) is 0 Å². The van der Waals surface area contributed by atoms with E-state index < -0.39 is 0 Å². The minimum absolute atomic E-state index is 0. The predicted molar refractivity (Wildman–Crippen MR) is 128 cm³/mol. The molecule has 174 valence electrons. The van der Waals surface area contributed by atoms with Crippen molar-refractivity contribution < 1.29 is 43.1 Å². The average Bonchev–Trinajstić information content (AvgIpc) is 3.05. The highest BCUT2D eigenvalue weighted by Crippen LogP contribution is 2.40. The van der Waals surface area contributed by atoms with Crippen molar-refractivity contribution in [3.63, 3.8) is 0 Å². The van der Waals surface area contributed by atoms with E-state index in [1.54, 1.807) is 0 Å². The van der Waals surface area contributed by atoms with Crippen LogP contribution in [0.15, 0.2) is 48.5 Å². The first-order valence-corrected chi connectivity index (χ1v) is 11.7. The number of hydrogen-bond acceptors (Lipinski definition) is 0. The zero-order valence-corrected chi connectivity index (χ0v) is 23.7. The maximum absolute atomic E-state index is 2.56. The summed E-state index contributed by atoms with van der Waals surface area (Å²) in [6, 6.07) is 17.9. The molecule has 0 saturated carbocycles. The number of hydrogen-bond donors (Lipinski definition) is 0. The van der Waals surface area contributed by atoms with E-state index >= 15 is 0 Å². The summed E-state index contributed by atoms with van der Waals surface area (Å²) in [5, 5.41) is 0. The molecule has 0 N–H and O–H groups in total. The Balaban J connectivity index is 0.00000181. The van der Waals surface area contributed by atoms with Gasteiger partial charge in [-0.05, 0) is 40.5 Å². The van der Waals surface area contributed by atoms with Gasteiger partial charge in [0.15, 0.2) is 11.4 Å². The molecule has 32 heavy (non-hydrogen) atoms. The van der Waals surface area contributed by atoms with Crippen molar-refractivity contribution in [1.29, 1.82) is 0 Å². The second kappa shape index (κ2) is 10.3. The van der Waals surface area contributed by atoms with E-state index in [1.807, 2.05) is 0 Å². The molecular formula is C28H38Br2N2. The number of fused-ring (bicyclic) bond motifs is 2. The van der Waals surface area contributed by atoms with Gasteiger partial charge in [-0.2, -0.15) is 9.15 Å². The predicted octanol–water partition coefficient (Wildman–Crippen LogP) is 0.747. The lowest BCUT2D eigenvalue weighted by atomic mass is 9.82. The summed E-state index contributed by atoms with van der Waals surface area (Å²) >= 11 is 0. The SMILES string of the molecule is CC1=[N+](CCCCCC[N+]2=C(C)C(C)(C)c3ccccc32)c2ccccc2C1(C)C.[Br-].[Br-]. The standard InChI is InChI=1S/C28H38N2.2BrH/c1-21-27(3,4)23-15-9-11-17-25(23)29(21)19-13-7-8-14-20-30-22(2)28(5,6)24-16-10-12-18-26(24)30;;/h9-12,15-18H,7-8,13-14,19-20H2,1-6H3;2*1H/q+2;;/p-2. The molecule has 2 heterocycles. The van der Waals surface area contributed by atoms with Crippen molar-refractivity contribution in [2.24, 2.45) is 0 Å². The van der Waals surface area contributed by atoms with E-state index in [-0.39, 0.29) is 44.8 Å². The Bertz CT molecular complexity index is 948. The van der Waals surface area contributed by atoms with Gasteiger partial charge in [-0.3, -0.25) is 0 Å². The van der Waals surface area contributed by atoms with Crippen molar-refractivity contribution in [3.8, 4) is 0 Å². The fraction of sp³-hybridized carbons (Fsp3) is 0.500. The molecule has 2 nitrogen and oxygen atoms in total. The first-order valence-electron chi connectivity index (χ1n) is 11.7. The lowest BCUT2D eigenvalue weighted by molar-refractivity contribution is -0.442. The van der Waals surface area contributed by atoms with Gasteiger partial charge in [0, 0.05) is 49.9 Å². The maximum Gasteiger partial charge on any atom is 0.209 e. The first kappa shape index (κ1) is 27.0. The zero-order valence-electron chi connectivity index (χ0n) is 20.5. The highest BCUT2D eigenvalue weighted by atomic mass is 79.9. The second-order valence-electron chi connectivity index (χ2n) is 10.2. The molecule has 0 unspecified atom stereocenters. The minimum Gasteiger partial charge on any atom is -1.00 e. The van der Waals surface area contributed by atoms with Gasteiger partial charge in [0.25, 0.3) is 0 Å². The van der Waals surface area contributed by atoms with Crippen LogP contribution in [-0.2, 0) is 10.8 Å². The quantitative estimate of drug-likeness (QED) is 0.348. The molecule has 0 aromatic heterocycles. The number of nitrogens with zero attached hydrogens (tertiary/aromatic N) is 2. The Hall–Kier alpha value is -1.26. The highest BCUT2D eigenvalue weighted by Gasteiger charge is 2.43. The van der Waals surface area contributed by atoms with Crippen LogP contribution in [0.2, 0.25) is 0 Å². The third-order valence-electron chi connectivity index (χ3n) is 7.87. The van der Waals surface area contributed by atoms with Crippen LogP contribution < -0.4 is 34.0 Å². The Kier molecular flexibility index (Phi) is 8.72. The maximum atomic E-state index is 2.56. The summed E-state index contributed by atoms with van der Waals surface area (Å²) in [5.74, 6) is 0. The number of para-hydroxylation sites is 2. The fourth-order valence-corrected chi connectivity index (χ4v) is 5.37. The van der Waals surface area contributed by atoms with E-state index in [0.29, 0.717) is 0 Å². The molecule has 0 bridgehead atoms. The third-order valence-corrected chi connectivity index (χ3v) is 7.87. The van der Waals surface area contributed by atoms with Crippen molar-refractivity contribution in [3.05, 3.63) is 59.7 Å². The largest absolute Gasteiger partial charge is 1.00 e. The summed E-state index contributed by atoms with van der Waals surface area (Å²) in [4.78, 5) is 0. The van der Waals surface area contributed by atoms with Crippen molar-refractivity contribution in [2.45, 2.75) is 78.1 Å². The van der Waals surface area contributed by atoms with Crippen LogP contribution in [0.4, 0.5) is 11.4 Å². The molecule has 0 amide bonds. The number of benzene rings is 2. The molecule has 2 aromatic rings. The molecule has 2 aliphatic rings. The molecule has 0 saturated heterocycles.